The van der Waals surface area contributed by atoms with Gasteiger partial charge in [-0.15, -0.1) is 0 Å². The average Bonchev–Trinajstić information content (AvgIpc) is 1.55. The number of nitrogens with zero attached hydrogens (tertiary/aromatic N) is 4. The molecule has 11 aromatic carbocycles. The smallest absolute Gasteiger partial charge is 0.269 e. The van der Waals surface area contributed by atoms with E-state index in [-0.39, 0.29) is 32.8 Å². The minimum atomic E-state index is -0.747. The lowest BCUT2D eigenvalue weighted by Crippen LogP contribution is -2.32. The molecule has 0 N–H and O–H groups in total. The molecule has 0 saturated carbocycles. The van der Waals surface area contributed by atoms with E-state index in [4.69, 9.17) is 17.9 Å². The number of imidazole rings is 1. The van der Waals surface area contributed by atoms with E-state index < -0.39 is 101 Å². The Labute approximate surface area is 566 Å². The summed E-state index contributed by atoms with van der Waals surface area (Å²) in [6.45, 7) is 26.6. The summed E-state index contributed by atoms with van der Waals surface area (Å²) in [5, 5.41) is 2.07. The van der Waals surface area contributed by atoms with E-state index in [1.54, 1.807) is 0 Å². The fourth-order valence-corrected chi connectivity index (χ4v) is 12.9. The highest BCUT2D eigenvalue weighted by molar-refractivity contribution is 6.10. The maximum Gasteiger partial charge on any atom is 0.269 e. The van der Waals surface area contributed by atoms with Crippen molar-refractivity contribution in [1.82, 2.24) is 14.1 Å². The monoisotopic (exact) mass is 1220 g/mol. The molecule has 3 aromatic heterocycles. The summed E-state index contributed by atoms with van der Waals surface area (Å²) in [5.74, 6) is 1.78. The highest BCUT2D eigenvalue weighted by atomic mass is 16.5. The summed E-state index contributed by atoms with van der Waals surface area (Å²) in [7, 11) is 0. The summed E-state index contributed by atoms with van der Waals surface area (Å²) in [5.41, 5.74) is 12.5. The number of hydrogen-bond acceptors (Lipinski definition) is 2. The van der Waals surface area contributed by atoms with Gasteiger partial charge in [0.1, 0.15) is 17.3 Å². The molecule has 0 unspecified atom stereocenters. The van der Waals surface area contributed by atoms with E-state index in [1.165, 1.54) is 0 Å². The lowest BCUT2D eigenvalue weighted by Gasteiger charge is -2.29. The fraction of sp³-hybridized carbons (Fsp3) is 0.182. The first-order valence-corrected chi connectivity index (χ1v) is 31.7. The van der Waals surface area contributed by atoms with E-state index in [1.807, 2.05) is 95.7 Å². The third-order valence-corrected chi connectivity index (χ3v) is 18.0. The lowest BCUT2D eigenvalue weighted by molar-refractivity contribution is -0.570. The Kier molecular flexibility index (Phi) is 10.9. The van der Waals surface area contributed by atoms with Crippen LogP contribution in [0.1, 0.15) is 123 Å². The first-order chi connectivity index (χ1) is 50.0. The van der Waals surface area contributed by atoms with Crippen LogP contribution in [0.2, 0.25) is 0 Å². The Bertz CT molecular complexity index is 5910. The van der Waals surface area contributed by atoms with Gasteiger partial charge in [-0.25, -0.2) is 4.98 Å². The Morgan fingerprint density at radius 3 is 1.53 bits per heavy atom. The van der Waals surface area contributed by atoms with E-state index in [2.05, 4.69) is 183 Å². The van der Waals surface area contributed by atoms with Crippen LogP contribution in [-0.2, 0) is 21.7 Å². The largest absolute Gasteiger partial charge is 0.458 e. The molecule has 5 nitrogen and oxygen atoms in total. The zero-order valence-corrected chi connectivity index (χ0v) is 54.4. The molecule has 0 radical (unpaired) electrons. The predicted molar refractivity (Wildman–Crippen MR) is 389 cm³/mol. The number of rotatable bonds is 8. The molecular weight excluding hydrogens is 1130 g/mol. The molecule has 456 valence electrons. The van der Waals surface area contributed by atoms with Gasteiger partial charge in [-0.1, -0.05) is 253 Å². The summed E-state index contributed by atoms with van der Waals surface area (Å²) in [4.78, 5) is 4.94. The van der Waals surface area contributed by atoms with Gasteiger partial charge in [0.15, 0.2) is 0 Å². The summed E-state index contributed by atoms with van der Waals surface area (Å²) in [6.07, 6.45) is 5.83. The van der Waals surface area contributed by atoms with E-state index in [9.17, 15) is 9.60 Å². The van der Waals surface area contributed by atoms with Gasteiger partial charge < -0.3 is 4.74 Å². The van der Waals surface area contributed by atoms with Crippen LogP contribution in [0.4, 0.5) is 0 Å². The van der Waals surface area contributed by atoms with E-state index in [0.717, 1.165) is 94.5 Å². The molecule has 0 aliphatic carbocycles. The van der Waals surface area contributed by atoms with Crippen molar-refractivity contribution in [2.24, 2.45) is 0 Å². The van der Waals surface area contributed by atoms with Gasteiger partial charge in [0.25, 0.3) is 6.33 Å². The molecule has 0 spiro atoms. The van der Waals surface area contributed by atoms with Crippen molar-refractivity contribution >= 4 is 32.8 Å². The van der Waals surface area contributed by atoms with Crippen LogP contribution in [0.5, 0.6) is 11.5 Å². The van der Waals surface area contributed by atoms with E-state index in [0.29, 0.717) is 33.8 Å². The number of aromatic nitrogens is 4. The van der Waals surface area contributed by atoms with Gasteiger partial charge in [0, 0.05) is 23.0 Å². The van der Waals surface area contributed by atoms with Gasteiger partial charge in [-0.05, 0) is 195 Å². The van der Waals surface area contributed by atoms with Crippen LogP contribution in [0.25, 0.3) is 128 Å². The van der Waals surface area contributed by atoms with Crippen LogP contribution in [0, 0.1) is 6.33 Å². The van der Waals surface area contributed by atoms with Crippen molar-refractivity contribution in [2.45, 2.75) is 105 Å². The molecule has 4 heterocycles. The molecule has 1 aliphatic rings. The van der Waals surface area contributed by atoms with Crippen molar-refractivity contribution in [3.05, 3.63) is 283 Å². The zero-order chi connectivity index (χ0) is 75.6. The SMILES string of the molecule is [2H]c1c([2H])c([2H])c(-c2c([2H])c(-c3cc4c5c(c3)n(-c3cccc(Oc6ccc7c8ccccc8n(-c8cc(C(C)(C)C)ccn8)c7c6)c3)[c-][n+]5-c3c(-c5cc(C(C)(C)C)cc(C(C)(C)C)c5)cc(C(C)(C)C)cc3-c3ccccc3-c3ccccc3-4)c([2H])c(-c3c([2H])c([2H])c([2H])c([2H])c3[2H])c2[2H])c([2H])c1[2H]. The number of pyridine rings is 1. The Hall–Kier alpha value is -10.4. The first kappa shape index (κ1) is 45.8. The summed E-state index contributed by atoms with van der Waals surface area (Å²) < 4.78 is 135. The number of para-hydroxylation sites is 1. The average molecular weight is 1220 g/mol. The molecule has 0 saturated heterocycles. The molecule has 0 bridgehead atoms. The first-order valence-electron chi connectivity index (χ1n) is 38.2. The molecule has 0 fully saturated rings. The minimum Gasteiger partial charge on any atom is -0.458 e. The number of hydrogen-bond donors (Lipinski definition) is 0. The van der Waals surface area contributed by atoms with Crippen LogP contribution in [-0.4, -0.2) is 14.1 Å². The van der Waals surface area contributed by atoms with Gasteiger partial charge >= 0.3 is 0 Å². The molecule has 0 amide bonds. The van der Waals surface area contributed by atoms with Crippen LogP contribution in [0.3, 0.4) is 0 Å². The second kappa shape index (κ2) is 22.2. The van der Waals surface area contributed by atoms with Gasteiger partial charge in [-0.2, -0.15) is 0 Å². The summed E-state index contributed by atoms with van der Waals surface area (Å²) >= 11 is 0. The fourth-order valence-electron chi connectivity index (χ4n) is 12.9. The van der Waals surface area contributed by atoms with Gasteiger partial charge in [0.05, 0.1) is 51.3 Å². The Morgan fingerprint density at radius 1 is 0.387 bits per heavy atom. The van der Waals surface area contributed by atoms with Crippen molar-refractivity contribution in [3.63, 3.8) is 0 Å². The van der Waals surface area contributed by atoms with E-state index >= 15 is 0 Å². The normalized spacial score (nSPS) is 14.5. The quantitative estimate of drug-likeness (QED) is 0.112. The standard InChI is InChI=1S/C88H78N4O/c1-85(2,3)63-40-41-89-82(52-63)92-79-37-24-23-36-74(79)75-39-38-69(54-80(75)92)93-68-31-25-30-67(53-68)90-55-91-83-76(62-45-64(86(4,5)6)49-65(46-62)87(7,8)9)50-66(88(10,11)12)51-78(83)73-35-22-20-33-71(73)70-32-19-21-34-72(70)77-47-61(48-81(90)84(77)91)60-43-58(56-26-15-13-16-27-56)42-59(44-60)57-28-17-14-18-29-57/h13-54H,1-12H3/i13D,14D,15D,16D,17D,18D,26D,27D,28D,29D,42D,43D,44D. The molecule has 93 heavy (non-hydrogen) atoms. The summed E-state index contributed by atoms with van der Waals surface area (Å²) in [6, 6.07) is 48.5. The zero-order valence-electron chi connectivity index (χ0n) is 67.4. The molecule has 14 aromatic rings. The Morgan fingerprint density at radius 2 is 0.914 bits per heavy atom. The van der Waals surface area contributed by atoms with Crippen molar-refractivity contribution in [3.8, 4) is 107 Å². The van der Waals surface area contributed by atoms with Crippen LogP contribution in [0.15, 0.2) is 255 Å². The maximum absolute atomic E-state index is 10.5. The minimum absolute atomic E-state index is 0.146. The maximum atomic E-state index is 10.5. The van der Waals surface area contributed by atoms with Crippen LogP contribution < -0.4 is 9.30 Å². The predicted octanol–water partition coefficient (Wildman–Crippen LogP) is 23.2. The molecule has 1 aliphatic heterocycles. The van der Waals surface area contributed by atoms with Crippen molar-refractivity contribution in [1.29, 1.82) is 0 Å². The number of fused-ring (bicyclic) bond motifs is 10. The number of ether oxygens (including phenoxy) is 1. The van der Waals surface area contributed by atoms with Gasteiger partial charge in [-0.3, -0.25) is 13.7 Å². The van der Waals surface area contributed by atoms with Crippen LogP contribution >= 0.6 is 0 Å². The third-order valence-electron chi connectivity index (χ3n) is 18.0. The van der Waals surface area contributed by atoms with Crippen molar-refractivity contribution < 1.29 is 27.1 Å². The highest BCUT2D eigenvalue weighted by Crippen LogP contribution is 2.49. The molecular formula is C88H78N4O. The molecule has 15 rings (SSSR count). The topological polar surface area (TPSA) is 35.9 Å². The third kappa shape index (κ3) is 10.7. The van der Waals surface area contributed by atoms with Gasteiger partial charge in [0.2, 0.25) is 0 Å². The molecule has 0 atom stereocenters. The highest BCUT2D eigenvalue weighted by Gasteiger charge is 2.31. The lowest BCUT2D eigenvalue weighted by atomic mass is 9.77. The second-order valence-corrected chi connectivity index (χ2v) is 28.5. The second-order valence-electron chi connectivity index (χ2n) is 28.5. The Balaban J connectivity index is 1.09. The van der Waals surface area contributed by atoms with Crippen molar-refractivity contribution in [2.75, 3.05) is 0 Å². The number of benzene rings is 11. The molecule has 5 heteroatoms.